The normalized spacial score (nSPS) is 10.7. The molecular weight excluding hydrogens is 410 g/mol. The number of aromatic nitrogens is 2. The van der Waals surface area contributed by atoms with Gasteiger partial charge >= 0.3 is 11.8 Å². The highest BCUT2D eigenvalue weighted by Crippen LogP contribution is 2.34. The minimum atomic E-state index is -0.620. The van der Waals surface area contributed by atoms with Crippen LogP contribution in [-0.4, -0.2) is 27.5 Å². The summed E-state index contributed by atoms with van der Waals surface area (Å²) in [6, 6.07) is 19.9. The van der Waals surface area contributed by atoms with Gasteiger partial charge in [0.2, 0.25) is 5.75 Å². The fraction of sp³-hybridized carbons (Fsp3) is 0.125. The summed E-state index contributed by atoms with van der Waals surface area (Å²) in [6.07, 6.45) is 1.32. The predicted octanol–water partition coefficient (Wildman–Crippen LogP) is 4.96. The van der Waals surface area contributed by atoms with Crippen molar-refractivity contribution >= 4 is 22.7 Å². The first-order chi connectivity index (χ1) is 15.6. The quantitative estimate of drug-likeness (QED) is 0.232. The smallest absolute Gasteiger partial charge is 0.406 e. The molecule has 0 aliphatic rings. The fourth-order valence-corrected chi connectivity index (χ4v) is 3.47. The zero-order chi connectivity index (χ0) is 22.5. The van der Waals surface area contributed by atoms with Gasteiger partial charge in [-0.3, -0.25) is 0 Å². The van der Waals surface area contributed by atoms with Crippen LogP contribution in [0.2, 0.25) is 0 Å². The second kappa shape index (κ2) is 9.22. The molecule has 0 atom stereocenters. The van der Waals surface area contributed by atoms with Gasteiger partial charge in [-0.25, -0.2) is 9.78 Å². The summed E-state index contributed by atoms with van der Waals surface area (Å²) in [6.45, 7) is 1.74. The van der Waals surface area contributed by atoms with E-state index in [-0.39, 0.29) is 24.5 Å². The molecule has 0 radical (unpaired) electrons. The standard InChI is InChI=1S/C24H19N3O5/c1-2-31-24(28)22-19(15-32-20-13-8-14-25-23(20)27(29)30)26-18-12-7-6-11-17(18)21(22)16-9-4-3-5-10-16/h3-14H,2,15H2,1H3. The number of para-hydroxylation sites is 1. The highest BCUT2D eigenvalue weighted by molar-refractivity contribution is 6.07. The molecule has 160 valence electrons. The molecule has 32 heavy (non-hydrogen) atoms. The van der Waals surface area contributed by atoms with Crippen LogP contribution in [0, 0.1) is 10.1 Å². The van der Waals surface area contributed by atoms with E-state index in [2.05, 4.69) is 9.97 Å². The largest absolute Gasteiger partial charge is 0.479 e. The Morgan fingerprint density at radius 1 is 1.03 bits per heavy atom. The van der Waals surface area contributed by atoms with Gasteiger partial charge in [0.25, 0.3) is 0 Å². The number of fused-ring (bicyclic) bond motifs is 1. The molecule has 8 heteroatoms. The van der Waals surface area contributed by atoms with E-state index in [4.69, 9.17) is 9.47 Å². The number of nitrogens with zero attached hydrogens (tertiary/aromatic N) is 3. The van der Waals surface area contributed by atoms with Crippen molar-refractivity contribution in [2.24, 2.45) is 0 Å². The Morgan fingerprint density at radius 2 is 1.78 bits per heavy atom. The molecule has 2 aromatic heterocycles. The number of carbonyl (C=O) groups is 1. The molecule has 0 fully saturated rings. The molecule has 4 aromatic rings. The van der Waals surface area contributed by atoms with E-state index >= 15 is 0 Å². The highest BCUT2D eigenvalue weighted by atomic mass is 16.6. The van der Waals surface area contributed by atoms with Crippen molar-refractivity contribution in [3.05, 3.63) is 94.3 Å². The van der Waals surface area contributed by atoms with Crippen molar-refractivity contribution in [1.29, 1.82) is 0 Å². The second-order valence-corrected chi connectivity index (χ2v) is 6.78. The van der Waals surface area contributed by atoms with E-state index in [0.717, 1.165) is 10.9 Å². The van der Waals surface area contributed by atoms with Crippen molar-refractivity contribution in [1.82, 2.24) is 9.97 Å². The van der Waals surface area contributed by atoms with Gasteiger partial charge in [-0.2, -0.15) is 0 Å². The molecule has 0 unspecified atom stereocenters. The van der Waals surface area contributed by atoms with Crippen LogP contribution in [0.1, 0.15) is 23.0 Å². The van der Waals surface area contributed by atoms with Crippen LogP contribution in [0.5, 0.6) is 5.75 Å². The Labute approximate surface area is 183 Å². The summed E-state index contributed by atoms with van der Waals surface area (Å²) in [5.74, 6) is -0.957. The van der Waals surface area contributed by atoms with Crippen molar-refractivity contribution in [3.63, 3.8) is 0 Å². The van der Waals surface area contributed by atoms with Crippen LogP contribution in [0.3, 0.4) is 0 Å². The van der Waals surface area contributed by atoms with Gasteiger partial charge in [0.15, 0.2) is 0 Å². The summed E-state index contributed by atoms with van der Waals surface area (Å²) < 4.78 is 11.1. The van der Waals surface area contributed by atoms with Crippen molar-refractivity contribution in [2.45, 2.75) is 13.5 Å². The lowest BCUT2D eigenvalue weighted by molar-refractivity contribution is -0.390. The number of rotatable bonds is 7. The van der Waals surface area contributed by atoms with E-state index in [1.165, 1.54) is 18.3 Å². The molecule has 0 saturated carbocycles. The van der Waals surface area contributed by atoms with E-state index in [1.807, 2.05) is 54.6 Å². The summed E-state index contributed by atoms with van der Waals surface area (Å²) in [4.78, 5) is 32.1. The van der Waals surface area contributed by atoms with Crippen LogP contribution < -0.4 is 4.74 Å². The lowest BCUT2D eigenvalue weighted by Gasteiger charge is -2.17. The zero-order valence-corrected chi connectivity index (χ0v) is 17.2. The third-order valence-electron chi connectivity index (χ3n) is 4.80. The van der Waals surface area contributed by atoms with Gasteiger partial charge in [-0.15, -0.1) is 0 Å². The Bertz CT molecular complexity index is 1290. The Hall–Kier alpha value is -4.33. The minimum Gasteiger partial charge on any atom is -0.479 e. The van der Waals surface area contributed by atoms with Gasteiger partial charge in [0.05, 0.1) is 23.4 Å². The first-order valence-electron chi connectivity index (χ1n) is 9.96. The Morgan fingerprint density at radius 3 is 2.53 bits per heavy atom. The van der Waals surface area contributed by atoms with Crippen LogP contribution in [0.25, 0.3) is 22.0 Å². The van der Waals surface area contributed by atoms with E-state index in [9.17, 15) is 14.9 Å². The van der Waals surface area contributed by atoms with E-state index < -0.39 is 16.7 Å². The maximum absolute atomic E-state index is 13.1. The second-order valence-electron chi connectivity index (χ2n) is 6.78. The van der Waals surface area contributed by atoms with Gasteiger partial charge in [0, 0.05) is 10.9 Å². The highest BCUT2D eigenvalue weighted by Gasteiger charge is 2.25. The summed E-state index contributed by atoms with van der Waals surface area (Å²) in [5, 5.41) is 12.1. The number of nitro groups is 1. The fourth-order valence-electron chi connectivity index (χ4n) is 3.47. The number of esters is 1. The van der Waals surface area contributed by atoms with E-state index in [0.29, 0.717) is 16.8 Å². The summed E-state index contributed by atoms with van der Waals surface area (Å²) in [5.41, 5.74) is 2.75. The number of ether oxygens (including phenoxy) is 2. The zero-order valence-electron chi connectivity index (χ0n) is 17.2. The van der Waals surface area contributed by atoms with Crippen LogP contribution >= 0.6 is 0 Å². The Balaban J connectivity index is 1.89. The first-order valence-corrected chi connectivity index (χ1v) is 9.96. The first kappa shape index (κ1) is 20.9. The van der Waals surface area contributed by atoms with Gasteiger partial charge in [-0.1, -0.05) is 48.5 Å². The monoisotopic (exact) mass is 429 g/mol. The molecular formula is C24H19N3O5. The molecule has 0 spiro atoms. The molecule has 0 bridgehead atoms. The lowest BCUT2D eigenvalue weighted by Crippen LogP contribution is -2.14. The Kier molecular flexibility index (Phi) is 6.03. The average Bonchev–Trinajstić information content (AvgIpc) is 2.82. The van der Waals surface area contributed by atoms with Crippen LogP contribution in [0.4, 0.5) is 5.82 Å². The number of carbonyl (C=O) groups excluding carboxylic acids is 1. The predicted molar refractivity (Wildman–Crippen MR) is 118 cm³/mol. The number of pyridine rings is 2. The lowest BCUT2D eigenvalue weighted by atomic mass is 9.94. The van der Waals surface area contributed by atoms with Gasteiger partial charge < -0.3 is 19.6 Å². The van der Waals surface area contributed by atoms with Gasteiger partial charge in [-0.05, 0) is 40.6 Å². The maximum atomic E-state index is 13.1. The van der Waals surface area contributed by atoms with E-state index in [1.54, 1.807) is 6.92 Å². The molecule has 0 N–H and O–H groups in total. The van der Waals surface area contributed by atoms with Crippen LogP contribution in [-0.2, 0) is 11.3 Å². The van der Waals surface area contributed by atoms with Crippen LogP contribution in [0.15, 0.2) is 72.9 Å². The minimum absolute atomic E-state index is 0.0106. The number of benzene rings is 2. The van der Waals surface area contributed by atoms with Gasteiger partial charge in [0.1, 0.15) is 12.8 Å². The SMILES string of the molecule is CCOC(=O)c1c(COc2cccnc2[N+](=O)[O-])nc2ccccc2c1-c1ccccc1. The maximum Gasteiger partial charge on any atom is 0.406 e. The molecule has 0 aliphatic carbocycles. The third-order valence-corrected chi connectivity index (χ3v) is 4.80. The topological polar surface area (TPSA) is 104 Å². The molecule has 2 heterocycles. The molecule has 4 rings (SSSR count). The molecule has 0 amide bonds. The summed E-state index contributed by atoms with van der Waals surface area (Å²) in [7, 11) is 0. The molecule has 0 saturated heterocycles. The number of hydrogen-bond donors (Lipinski definition) is 0. The number of hydrogen-bond acceptors (Lipinski definition) is 7. The summed E-state index contributed by atoms with van der Waals surface area (Å²) >= 11 is 0. The average molecular weight is 429 g/mol. The molecule has 8 nitrogen and oxygen atoms in total. The van der Waals surface area contributed by atoms with Crippen molar-refractivity contribution in [3.8, 4) is 16.9 Å². The molecule has 0 aliphatic heterocycles. The molecule has 2 aromatic carbocycles. The van der Waals surface area contributed by atoms with Crippen molar-refractivity contribution < 1.29 is 19.2 Å². The van der Waals surface area contributed by atoms with Crippen molar-refractivity contribution in [2.75, 3.05) is 6.61 Å². The third kappa shape index (κ3) is 4.11.